The Kier molecular flexibility index (Phi) is 4.58. The summed E-state index contributed by atoms with van der Waals surface area (Å²) in [6, 6.07) is 11.7. The SMILES string of the molecule is CCNC(=O)C(Cc1ccc(N)cc1)c1cccs1. The molecule has 1 heterocycles. The van der Waals surface area contributed by atoms with Gasteiger partial charge in [-0.15, -0.1) is 11.3 Å². The third-order valence-corrected chi connectivity index (χ3v) is 3.96. The third-order valence-electron chi connectivity index (χ3n) is 2.97. The Bertz CT molecular complexity index is 520. The Morgan fingerprint density at radius 1 is 1.32 bits per heavy atom. The van der Waals surface area contributed by atoms with Crippen LogP contribution in [-0.4, -0.2) is 12.5 Å². The van der Waals surface area contributed by atoms with Crippen LogP contribution in [0.1, 0.15) is 23.3 Å². The monoisotopic (exact) mass is 274 g/mol. The first-order valence-corrected chi connectivity index (χ1v) is 7.24. The average Bonchev–Trinajstić information content (AvgIpc) is 2.92. The second kappa shape index (κ2) is 6.38. The van der Waals surface area contributed by atoms with Gasteiger partial charge in [0.15, 0.2) is 0 Å². The Balaban J connectivity index is 2.18. The molecule has 0 bridgehead atoms. The summed E-state index contributed by atoms with van der Waals surface area (Å²) in [6.07, 6.45) is 0.701. The normalized spacial score (nSPS) is 12.1. The first-order valence-electron chi connectivity index (χ1n) is 6.36. The minimum Gasteiger partial charge on any atom is -0.399 e. The topological polar surface area (TPSA) is 55.1 Å². The molecule has 2 rings (SSSR count). The summed E-state index contributed by atoms with van der Waals surface area (Å²) in [7, 11) is 0. The molecular weight excluding hydrogens is 256 g/mol. The molecule has 4 heteroatoms. The molecule has 0 radical (unpaired) electrons. The summed E-state index contributed by atoms with van der Waals surface area (Å²) in [5, 5.41) is 4.91. The lowest BCUT2D eigenvalue weighted by Gasteiger charge is -2.15. The quantitative estimate of drug-likeness (QED) is 0.824. The smallest absolute Gasteiger partial charge is 0.228 e. The number of amides is 1. The standard InChI is InChI=1S/C15H18N2OS/c1-2-17-15(18)13(14-4-3-9-19-14)10-11-5-7-12(16)8-6-11/h3-9,13H,2,10,16H2,1H3,(H,17,18). The van der Waals surface area contributed by atoms with E-state index in [1.54, 1.807) is 11.3 Å². The second-order valence-electron chi connectivity index (χ2n) is 4.41. The molecular formula is C15H18N2OS. The molecule has 0 aliphatic carbocycles. The zero-order valence-electron chi connectivity index (χ0n) is 10.9. The number of benzene rings is 1. The largest absolute Gasteiger partial charge is 0.399 e. The molecule has 1 atom stereocenters. The summed E-state index contributed by atoms with van der Waals surface area (Å²) in [5.74, 6) is -0.0367. The van der Waals surface area contributed by atoms with Crippen molar-refractivity contribution in [3.63, 3.8) is 0 Å². The molecule has 0 aliphatic heterocycles. The van der Waals surface area contributed by atoms with Crippen molar-refractivity contribution in [2.24, 2.45) is 0 Å². The van der Waals surface area contributed by atoms with E-state index in [4.69, 9.17) is 5.73 Å². The number of nitrogen functional groups attached to an aromatic ring is 1. The Hall–Kier alpha value is -1.81. The fourth-order valence-corrected chi connectivity index (χ4v) is 2.82. The van der Waals surface area contributed by atoms with Crippen molar-refractivity contribution in [1.29, 1.82) is 0 Å². The number of nitrogens with one attached hydrogen (secondary N) is 1. The summed E-state index contributed by atoms with van der Waals surface area (Å²) in [4.78, 5) is 13.3. The molecule has 1 aromatic carbocycles. The van der Waals surface area contributed by atoms with Gasteiger partial charge in [0.25, 0.3) is 0 Å². The third kappa shape index (κ3) is 3.58. The minimum absolute atomic E-state index is 0.0850. The van der Waals surface area contributed by atoms with Gasteiger partial charge in [0, 0.05) is 17.1 Å². The maximum atomic E-state index is 12.2. The lowest BCUT2D eigenvalue weighted by atomic mass is 9.96. The molecule has 3 N–H and O–H groups in total. The van der Waals surface area contributed by atoms with E-state index >= 15 is 0 Å². The van der Waals surface area contributed by atoms with Gasteiger partial charge in [-0.2, -0.15) is 0 Å². The molecule has 1 unspecified atom stereocenters. The Morgan fingerprint density at radius 3 is 2.63 bits per heavy atom. The fraction of sp³-hybridized carbons (Fsp3) is 0.267. The fourth-order valence-electron chi connectivity index (χ4n) is 2.00. The Morgan fingerprint density at radius 2 is 2.05 bits per heavy atom. The molecule has 3 nitrogen and oxygen atoms in total. The molecule has 0 saturated heterocycles. The number of hydrogen-bond donors (Lipinski definition) is 2. The highest BCUT2D eigenvalue weighted by Gasteiger charge is 2.21. The summed E-state index contributed by atoms with van der Waals surface area (Å²) in [6.45, 7) is 2.59. The maximum absolute atomic E-state index is 12.2. The van der Waals surface area contributed by atoms with Crippen molar-refractivity contribution < 1.29 is 4.79 Å². The number of rotatable bonds is 5. The number of anilines is 1. The van der Waals surface area contributed by atoms with Crippen molar-refractivity contribution in [2.75, 3.05) is 12.3 Å². The number of thiophene rings is 1. The van der Waals surface area contributed by atoms with Gasteiger partial charge in [-0.1, -0.05) is 18.2 Å². The summed E-state index contributed by atoms with van der Waals surface area (Å²) < 4.78 is 0. The van der Waals surface area contributed by atoms with Crippen LogP contribution < -0.4 is 11.1 Å². The van der Waals surface area contributed by atoms with Gasteiger partial charge in [0.05, 0.1) is 5.92 Å². The van der Waals surface area contributed by atoms with Crippen molar-refractivity contribution in [3.8, 4) is 0 Å². The van der Waals surface area contributed by atoms with Gasteiger partial charge >= 0.3 is 0 Å². The van der Waals surface area contributed by atoms with Crippen LogP contribution in [0.4, 0.5) is 5.69 Å². The number of carbonyl (C=O) groups is 1. The summed E-state index contributed by atoms with van der Waals surface area (Å²) >= 11 is 1.62. The maximum Gasteiger partial charge on any atom is 0.228 e. The van der Waals surface area contributed by atoms with E-state index in [2.05, 4.69) is 5.32 Å². The first-order chi connectivity index (χ1) is 9.20. The number of likely N-dealkylation sites (N-methyl/N-ethyl adjacent to an activating group) is 1. The molecule has 1 aromatic heterocycles. The van der Waals surface area contributed by atoms with Crippen LogP contribution in [0.2, 0.25) is 0 Å². The zero-order valence-corrected chi connectivity index (χ0v) is 11.7. The second-order valence-corrected chi connectivity index (χ2v) is 5.39. The van der Waals surface area contributed by atoms with Gasteiger partial charge in [-0.05, 0) is 42.5 Å². The van der Waals surface area contributed by atoms with Crippen molar-refractivity contribution in [3.05, 3.63) is 52.2 Å². The highest BCUT2D eigenvalue weighted by atomic mass is 32.1. The Labute approximate surface area is 117 Å². The number of carbonyl (C=O) groups excluding carboxylic acids is 1. The van der Waals surface area contributed by atoms with E-state index < -0.39 is 0 Å². The molecule has 1 amide bonds. The van der Waals surface area contributed by atoms with Gasteiger partial charge < -0.3 is 11.1 Å². The molecule has 19 heavy (non-hydrogen) atoms. The highest BCUT2D eigenvalue weighted by molar-refractivity contribution is 7.10. The zero-order chi connectivity index (χ0) is 13.7. The van der Waals surface area contributed by atoms with Gasteiger partial charge in [0.2, 0.25) is 5.91 Å². The molecule has 100 valence electrons. The van der Waals surface area contributed by atoms with Crippen LogP contribution in [0.5, 0.6) is 0 Å². The van der Waals surface area contributed by atoms with Gasteiger partial charge in [0.1, 0.15) is 0 Å². The van der Waals surface area contributed by atoms with Gasteiger partial charge in [-0.3, -0.25) is 4.79 Å². The first kappa shape index (κ1) is 13.6. The molecule has 2 aromatic rings. The molecule has 0 spiro atoms. The van der Waals surface area contributed by atoms with E-state index in [-0.39, 0.29) is 11.8 Å². The average molecular weight is 274 g/mol. The van der Waals surface area contributed by atoms with Crippen LogP contribution in [-0.2, 0) is 11.2 Å². The van der Waals surface area contributed by atoms with Crippen LogP contribution in [0, 0.1) is 0 Å². The van der Waals surface area contributed by atoms with Crippen LogP contribution in [0.15, 0.2) is 41.8 Å². The highest BCUT2D eigenvalue weighted by Crippen LogP contribution is 2.25. The van der Waals surface area contributed by atoms with Crippen molar-refractivity contribution in [1.82, 2.24) is 5.32 Å². The van der Waals surface area contributed by atoms with Crippen LogP contribution >= 0.6 is 11.3 Å². The molecule has 0 fully saturated rings. The van der Waals surface area contributed by atoms with Gasteiger partial charge in [-0.25, -0.2) is 0 Å². The predicted octanol–water partition coefficient (Wildman–Crippen LogP) is 2.79. The van der Waals surface area contributed by atoms with Crippen molar-refractivity contribution >= 4 is 22.9 Å². The molecule has 0 saturated carbocycles. The lowest BCUT2D eigenvalue weighted by molar-refractivity contribution is -0.122. The lowest BCUT2D eigenvalue weighted by Crippen LogP contribution is -2.29. The van der Waals surface area contributed by atoms with E-state index in [0.717, 1.165) is 16.1 Å². The van der Waals surface area contributed by atoms with E-state index in [0.29, 0.717) is 13.0 Å². The molecule has 0 aliphatic rings. The van der Waals surface area contributed by atoms with Crippen molar-refractivity contribution in [2.45, 2.75) is 19.3 Å². The van der Waals surface area contributed by atoms with Crippen LogP contribution in [0.3, 0.4) is 0 Å². The number of hydrogen-bond acceptors (Lipinski definition) is 3. The van der Waals surface area contributed by atoms with Crippen LogP contribution in [0.25, 0.3) is 0 Å². The van der Waals surface area contributed by atoms with E-state index in [1.165, 1.54) is 0 Å². The van der Waals surface area contributed by atoms with E-state index in [1.807, 2.05) is 48.7 Å². The van der Waals surface area contributed by atoms with E-state index in [9.17, 15) is 4.79 Å². The number of nitrogens with two attached hydrogens (primary N) is 1. The predicted molar refractivity (Wildman–Crippen MR) is 80.3 cm³/mol. The summed E-state index contributed by atoms with van der Waals surface area (Å²) in [5.41, 5.74) is 7.55. The minimum atomic E-state index is -0.122.